The molecule has 3 aromatic rings. The van der Waals surface area contributed by atoms with Gasteiger partial charge in [-0.25, -0.2) is 4.98 Å². The van der Waals surface area contributed by atoms with E-state index >= 15 is 0 Å². The normalized spacial score (nSPS) is 10.8. The largest absolute Gasteiger partial charge is 0.360 e. The van der Waals surface area contributed by atoms with Gasteiger partial charge in [0.1, 0.15) is 10.8 Å². The van der Waals surface area contributed by atoms with Crippen molar-refractivity contribution < 1.29 is 14.1 Å². The van der Waals surface area contributed by atoms with Gasteiger partial charge < -0.3 is 14.7 Å². The summed E-state index contributed by atoms with van der Waals surface area (Å²) >= 11 is 2.84. The summed E-state index contributed by atoms with van der Waals surface area (Å²) in [7, 11) is 1.74. The Balaban J connectivity index is 1.43. The van der Waals surface area contributed by atoms with Crippen LogP contribution in [0.1, 0.15) is 10.8 Å². The number of carbonyl (C=O) groups excluding carboxylic acids is 2. The van der Waals surface area contributed by atoms with Crippen LogP contribution in [-0.4, -0.2) is 45.4 Å². The number of hydrogen-bond acceptors (Lipinski definition) is 7. The summed E-state index contributed by atoms with van der Waals surface area (Å²) in [6, 6.07) is 9.54. The number of rotatable bonds is 7. The van der Waals surface area contributed by atoms with Crippen molar-refractivity contribution in [3.8, 4) is 0 Å². The molecule has 0 radical (unpaired) electrons. The van der Waals surface area contributed by atoms with Crippen molar-refractivity contribution in [2.75, 3.05) is 23.9 Å². The Hall–Kier alpha value is -2.39. The molecule has 0 atom stereocenters. The molecule has 26 heavy (non-hydrogen) atoms. The van der Waals surface area contributed by atoms with E-state index in [0.717, 1.165) is 15.2 Å². The highest BCUT2D eigenvalue weighted by Crippen LogP contribution is 2.22. The summed E-state index contributed by atoms with van der Waals surface area (Å²) < 4.78 is 5.99. The summed E-state index contributed by atoms with van der Waals surface area (Å²) in [6.07, 6.45) is 0. The molecular formula is C17H18N4O3S2. The van der Waals surface area contributed by atoms with Gasteiger partial charge in [-0.05, 0) is 19.1 Å². The second-order valence-electron chi connectivity index (χ2n) is 5.69. The van der Waals surface area contributed by atoms with Gasteiger partial charge in [0.05, 0.1) is 28.3 Å². The number of thioether (sulfide) groups is 1. The molecular weight excluding hydrogens is 372 g/mol. The lowest BCUT2D eigenvalue weighted by atomic mass is 10.3. The lowest BCUT2D eigenvalue weighted by molar-refractivity contribution is -0.127. The Bertz CT molecular complexity index is 889. The highest BCUT2D eigenvalue weighted by atomic mass is 32.2. The number of hydrogen-bond donors (Lipinski definition) is 1. The lowest BCUT2D eigenvalue weighted by Gasteiger charge is -2.15. The van der Waals surface area contributed by atoms with Crippen LogP contribution >= 0.6 is 23.1 Å². The smallest absolute Gasteiger partial charge is 0.235 e. The Kier molecular flexibility index (Phi) is 5.89. The van der Waals surface area contributed by atoms with Crippen molar-refractivity contribution in [2.24, 2.45) is 0 Å². The molecule has 0 unspecified atom stereocenters. The van der Waals surface area contributed by atoms with Crippen molar-refractivity contribution in [2.45, 2.75) is 13.5 Å². The number of amides is 2. The summed E-state index contributed by atoms with van der Waals surface area (Å²) in [5, 5.41) is 7.21. The van der Waals surface area contributed by atoms with Gasteiger partial charge in [-0.3, -0.25) is 9.59 Å². The van der Waals surface area contributed by atoms with Gasteiger partial charge in [0, 0.05) is 13.1 Å². The maximum absolute atomic E-state index is 12.2. The van der Waals surface area contributed by atoms with E-state index in [1.807, 2.05) is 24.3 Å². The molecule has 0 bridgehead atoms. The van der Waals surface area contributed by atoms with Crippen LogP contribution < -0.4 is 5.32 Å². The first kappa shape index (κ1) is 18.4. The minimum absolute atomic E-state index is 0.0423. The Morgan fingerprint density at radius 2 is 2.12 bits per heavy atom. The van der Waals surface area contributed by atoms with Crippen molar-refractivity contribution in [1.29, 1.82) is 0 Å². The van der Waals surface area contributed by atoms with E-state index in [9.17, 15) is 9.59 Å². The fourth-order valence-electron chi connectivity index (χ4n) is 2.22. The van der Waals surface area contributed by atoms with Gasteiger partial charge in [0.25, 0.3) is 0 Å². The van der Waals surface area contributed by atoms with Crippen molar-refractivity contribution in [3.05, 3.63) is 41.1 Å². The number of nitrogens with one attached hydrogen (secondary N) is 1. The van der Waals surface area contributed by atoms with Gasteiger partial charge in [-0.1, -0.05) is 17.3 Å². The molecule has 2 amide bonds. The van der Waals surface area contributed by atoms with Gasteiger partial charge in [0.2, 0.25) is 11.8 Å². The van der Waals surface area contributed by atoms with Crippen LogP contribution in [-0.2, 0) is 16.1 Å². The third-order valence-electron chi connectivity index (χ3n) is 3.49. The molecule has 0 saturated carbocycles. The van der Waals surface area contributed by atoms with E-state index in [2.05, 4.69) is 15.5 Å². The van der Waals surface area contributed by atoms with E-state index in [1.54, 1.807) is 36.3 Å². The quantitative estimate of drug-likeness (QED) is 0.667. The fraction of sp³-hybridized carbons (Fsp3) is 0.294. The number of para-hydroxylation sites is 1. The predicted molar refractivity (Wildman–Crippen MR) is 103 cm³/mol. The molecule has 9 heteroatoms. The number of fused-ring (bicyclic) bond motifs is 1. The summed E-state index contributed by atoms with van der Waals surface area (Å²) in [6.45, 7) is 2.21. The summed E-state index contributed by atoms with van der Waals surface area (Å²) in [5.74, 6) is 1.15. The molecule has 7 nitrogen and oxygen atoms in total. The van der Waals surface area contributed by atoms with E-state index in [0.29, 0.717) is 18.1 Å². The first-order chi connectivity index (χ1) is 12.5. The highest BCUT2D eigenvalue weighted by molar-refractivity contribution is 8.00. The number of nitrogens with zero attached hydrogens (tertiary/aromatic N) is 3. The topological polar surface area (TPSA) is 88.3 Å². The summed E-state index contributed by atoms with van der Waals surface area (Å²) in [4.78, 5) is 30.2. The molecule has 0 aliphatic rings. The number of anilines is 1. The van der Waals surface area contributed by atoms with Crippen LogP contribution in [0.15, 0.2) is 34.9 Å². The van der Waals surface area contributed by atoms with Crippen LogP contribution in [0.5, 0.6) is 0 Å². The molecule has 136 valence electrons. The monoisotopic (exact) mass is 390 g/mol. The zero-order valence-electron chi connectivity index (χ0n) is 14.4. The van der Waals surface area contributed by atoms with Gasteiger partial charge in [-0.2, -0.15) is 0 Å². The number of aryl methyl sites for hydroxylation is 1. The molecule has 2 aromatic heterocycles. The first-order valence-electron chi connectivity index (χ1n) is 7.90. The molecule has 2 heterocycles. The molecule has 0 aliphatic carbocycles. The number of thiazole rings is 1. The highest BCUT2D eigenvalue weighted by Gasteiger charge is 2.13. The van der Waals surface area contributed by atoms with Crippen molar-refractivity contribution in [1.82, 2.24) is 15.0 Å². The molecule has 0 fully saturated rings. The van der Waals surface area contributed by atoms with E-state index in [4.69, 9.17) is 4.52 Å². The molecule has 3 rings (SSSR count). The maximum Gasteiger partial charge on any atom is 0.235 e. The van der Waals surface area contributed by atoms with Crippen LogP contribution in [0.2, 0.25) is 0 Å². The molecule has 0 spiro atoms. The Morgan fingerprint density at radius 1 is 1.31 bits per heavy atom. The number of aromatic nitrogens is 2. The van der Waals surface area contributed by atoms with E-state index < -0.39 is 0 Å². The second-order valence-corrected chi connectivity index (χ2v) is 7.79. The Labute approximate surface area is 158 Å². The number of carbonyl (C=O) groups is 2. The maximum atomic E-state index is 12.2. The van der Waals surface area contributed by atoms with Crippen LogP contribution in [0.4, 0.5) is 5.82 Å². The fourth-order valence-corrected chi connectivity index (χ4v) is 4.00. The van der Waals surface area contributed by atoms with Gasteiger partial charge in [0.15, 0.2) is 5.82 Å². The third kappa shape index (κ3) is 4.83. The van der Waals surface area contributed by atoms with Crippen LogP contribution in [0, 0.1) is 6.92 Å². The minimum Gasteiger partial charge on any atom is -0.360 e. The predicted octanol–water partition coefficient (Wildman–Crippen LogP) is 2.92. The Morgan fingerprint density at radius 3 is 2.85 bits per heavy atom. The van der Waals surface area contributed by atoms with Crippen LogP contribution in [0.25, 0.3) is 10.2 Å². The SMILES string of the molecule is Cc1cc(NC(=O)CSCC(=O)N(C)Cc2nc3ccccc3s2)no1. The first-order valence-corrected chi connectivity index (χ1v) is 9.87. The zero-order valence-corrected chi connectivity index (χ0v) is 16.0. The lowest BCUT2D eigenvalue weighted by Crippen LogP contribution is -2.28. The average molecular weight is 390 g/mol. The molecule has 1 N–H and O–H groups in total. The van der Waals surface area contributed by atoms with Gasteiger partial charge >= 0.3 is 0 Å². The van der Waals surface area contributed by atoms with Crippen molar-refractivity contribution >= 4 is 50.9 Å². The van der Waals surface area contributed by atoms with E-state index in [1.165, 1.54) is 11.8 Å². The standard InChI is InChI=1S/C17H18N4O3S2/c1-11-7-14(20-24-11)19-15(22)9-25-10-17(23)21(2)8-16-18-12-5-3-4-6-13(12)26-16/h3-7H,8-10H2,1-2H3,(H,19,20,22). The zero-order chi connectivity index (χ0) is 18.5. The average Bonchev–Trinajstić information content (AvgIpc) is 3.19. The molecule has 0 aliphatic heterocycles. The molecule has 1 aromatic carbocycles. The minimum atomic E-state index is -0.218. The second kappa shape index (κ2) is 8.33. The third-order valence-corrected chi connectivity index (χ3v) is 5.43. The summed E-state index contributed by atoms with van der Waals surface area (Å²) in [5.41, 5.74) is 0.947. The van der Waals surface area contributed by atoms with E-state index in [-0.39, 0.29) is 23.3 Å². The molecule has 0 saturated heterocycles. The van der Waals surface area contributed by atoms with Crippen LogP contribution in [0.3, 0.4) is 0 Å². The van der Waals surface area contributed by atoms with Gasteiger partial charge in [-0.15, -0.1) is 23.1 Å². The van der Waals surface area contributed by atoms with Crippen molar-refractivity contribution in [3.63, 3.8) is 0 Å². The number of benzene rings is 1.